The average molecular weight is 404 g/mol. The van der Waals surface area contributed by atoms with Gasteiger partial charge in [0.1, 0.15) is 6.17 Å². The first-order valence-corrected chi connectivity index (χ1v) is 10.2. The molecule has 1 aromatic carbocycles. The highest BCUT2D eigenvalue weighted by atomic mass is 19.1. The van der Waals surface area contributed by atoms with Crippen molar-refractivity contribution in [3.8, 4) is 5.88 Å². The van der Waals surface area contributed by atoms with Crippen LogP contribution in [0.2, 0.25) is 0 Å². The second-order valence-electron chi connectivity index (χ2n) is 7.56. The molecule has 0 spiro atoms. The van der Waals surface area contributed by atoms with Crippen LogP contribution in [0.3, 0.4) is 0 Å². The minimum Gasteiger partial charge on any atom is -0.475 e. The van der Waals surface area contributed by atoms with Crippen molar-refractivity contribution in [1.82, 2.24) is 9.97 Å². The maximum absolute atomic E-state index is 14.0. The first kappa shape index (κ1) is 19.8. The zero-order chi connectivity index (χ0) is 20.1. The molecule has 4 rings (SSSR count). The summed E-state index contributed by atoms with van der Waals surface area (Å²) in [5, 5.41) is 3.07. The summed E-state index contributed by atoms with van der Waals surface area (Å²) in [6, 6.07) is 7.90. The molecule has 0 bridgehead atoms. The van der Waals surface area contributed by atoms with E-state index in [0.717, 1.165) is 56.7 Å². The lowest BCUT2D eigenvalue weighted by atomic mass is 9.89. The molecule has 6 nitrogen and oxygen atoms in total. The van der Waals surface area contributed by atoms with Crippen LogP contribution in [0.5, 0.6) is 5.88 Å². The van der Waals surface area contributed by atoms with Crippen molar-refractivity contribution in [1.29, 1.82) is 0 Å². The molecule has 1 saturated carbocycles. The molecule has 1 N–H and O–H groups in total. The average Bonchev–Trinajstić information content (AvgIpc) is 2.75. The quantitative estimate of drug-likeness (QED) is 0.782. The molecule has 1 aliphatic heterocycles. The molecule has 8 heteroatoms. The fraction of sp³-hybridized carbons (Fsp3) is 0.524. The van der Waals surface area contributed by atoms with Gasteiger partial charge in [-0.25, -0.2) is 9.37 Å². The highest BCUT2D eigenvalue weighted by molar-refractivity contribution is 5.59. The molecule has 29 heavy (non-hydrogen) atoms. The lowest BCUT2D eigenvalue weighted by Gasteiger charge is -2.28. The fourth-order valence-corrected chi connectivity index (χ4v) is 3.79. The van der Waals surface area contributed by atoms with E-state index in [4.69, 9.17) is 9.47 Å². The number of benzene rings is 1. The molecule has 2 atom stereocenters. The van der Waals surface area contributed by atoms with Crippen LogP contribution < -0.4 is 15.0 Å². The molecule has 1 aliphatic carbocycles. The summed E-state index contributed by atoms with van der Waals surface area (Å²) in [5.41, 5.74) is 1.92. The second-order valence-corrected chi connectivity index (χ2v) is 7.56. The van der Waals surface area contributed by atoms with Gasteiger partial charge in [0, 0.05) is 24.5 Å². The number of alkyl halides is 1. The Morgan fingerprint density at radius 3 is 2.72 bits per heavy atom. The van der Waals surface area contributed by atoms with E-state index >= 15 is 0 Å². The number of aromatic nitrogens is 2. The van der Waals surface area contributed by atoms with Gasteiger partial charge in [-0.05, 0) is 49.4 Å². The topological polar surface area (TPSA) is 59.5 Å². The van der Waals surface area contributed by atoms with Gasteiger partial charge in [-0.2, -0.15) is 9.37 Å². The Hall–Kier alpha value is -2.48. The normalized spacial score (nSPS) is 22.3. The minimum absolute atomic E-state index is 0.0947. The Bertz CT molecular complexity index is 800. The Balaban J connectivity index is 1.36. The highest BCUT2D eigenvalue weighted by Crippen LogP contribution is 2.28. The third-order valence-corrected chi connectivity index (χ3v) is 5.39. The van der Waals surface area contributed by atoms with Crippen molar-refractivity contribution in [3.63, 3.8) is 0 Å². The number of hydrogen-bond donors (Lipinski definition) is 1. The predicted octanol–water partition coefficient (Wildman–Crippen LogP) is 4.10. The zero-order valence-electron chi connectivity index (χ0n) is 16.3. The molecular formula is C21H26F2N4O2. The minimum atomic E-state index is -0.787. The Morgan fingerprint density at radius 2 is 1.97 bits per heavy atom. The molecule has 0 unspecified atom stereocenters. The number of anilines is 3. The highest BCUT2D eigenvalue weighted by Gasteiger charge is 2.22. The molecule has 2 fully saturated rings. The third kappa shape index (κ3) is 5.32. The second kappa shape index (κ2) is 9.35. The smallest absolute Gasteiger partial charge is 0.255 e. The van der Waals surface area contributed by atoms with Crippen molar-refractivity contribution in [3.05, 3.63) is 36.3 Å². The monoisotopic (exact) mass is 404 g/mol. The van der Waals surface area contributed by atoms with Gasteiger partial charge in [-0.15, -0.1) is 0 Å². The molecule has 2 heterocycles. The van der Waals surface area contributed by atoms with Crippen LogP contribution in [0, 0.1) is 11.7 Å². The third-order valence-electron chi connectivity index (χ3n) is 5.39. The largest absolute Gasteiger partial charge is 0.475 e. The molecule has 156 valence electrons. The van der Waals surface area contributed by atoms with E-state index in [1.165, 1.54) is 0 Å². The van der Waals surface area contributed by atoms with Crippen LogP contribution in [0.1, 0.15) is 25.7 Å². The van der Waals surface area contributed by atoms with Crippen molar-refractivity contribution in [2.24, 2.45) is 5.92 Å². The molecule has 2 aromatic rings. The molecule has 1 aromatic heterocycles. The van der Waals surface area contributed by atoms with Gasteiger partial charge in [0.15, 0.2) is 0 Å². The van der Waals surface area contributed by atoms with Gasteiger partial charge in [-0.1, -0.05) is 6.42 Å². The number of rotatable bonds is 6. The van der Waals surface area contributed by atoms with Crippen molar-refractivity contribution in [2.45, 2.75) is 31.9 Å². The summed E-state index contributed by atoms with van der Waals surface area (Å²) in [5.74, 6) is -0.371. The van der Waals surface area contributed by atoms with Gasteiger partial charge < -0.3 is 19.7 Å². The van der Waals surface area contributed by atoms with Gasteiger partial charge in [0.2, 0.25) is 11.8 Å². The summed E-state index contributed by atoms with van der Waals surface area (Å²) in [6.45, 7) is 3.48. The summed E-state index contributed by atoms with van der Waals surface area (Å²) in [7, 11) is 0. The molecule has 0 amide bonds. The van der Waals surface area contributed by atoms with E-state index in [-0.39, 0.29) is 24.4 Å². The first-order valence-electron chi connectivity index (χ1n) is 10.2. The fourth-order valence-electron chi connectivity index (χ4n) is 3.79. The Labute approximate surface area is 169 Å². The van der Waals surface area contributed by atoms with Crippen LogP contribution >= 0.6 is 0 Å². The Kier molecular flexibility index (Phi) is 6.39. The summed E-state index contributed by atoms with van der Waals surface area (Å²) in [4.78, 5) is 10.4. The van der Waals surface area contributed by atoms with Crippen LogP contribution in [-0.4, -0.2) is 49.0 Å². The lowest BCUT2D eigenvalue weighted by molar-refractivity contribution is 0.122. The molecule has 2 aliphatic rings. The predicted molar refractivity (Wildman–Crippen MR) is 107 cm³/mol. The van der Waals surface area contributed by atoms with Crippen LogP contribution in [0.15, 0.2) is 30.5 Å². The van der Waals surface area contributed by atoms with Crippen molar-refractivity contribution < 1.29 is 18.3 Å². The molecule has 1 saturated heterocycles. The van der Waals surface area contributed by atoms with Gasteiger partial charge in [-0.3, -0.25) is 0 Å². The number of morpholine rings is 1. The Morgan fingerprint density at radius 1 is 1.17 bits per heavy atom. The maximum atomic E-state index is 14.0. The SMILES string of the molecule is Fc1cnc(Nc2ccc(N3CCOCC3)cc2)nc1OC[C@H]1CCC[C@@H](F)C1. The van der Waals surface area contributed by atoms with E-state index in [2.05, 4.69) is 20.2 Å². The molecular weight excluding hydrogens is 378 g/mol. The van der Waals surface area contributed by atoms with Gasteiger partial charge in [0.05, 0.1) is 26.0 Å². The van der Waals surface area contributed by atoms with Crippen LogP contribution in [0.4, 0.5) is 26.1 Å². The van der Waals surface area contributed by atoms with E-state index in [0.29, 0.717) is 12.8 Å². The van der Waals surface area contributed by atoms with E-state index in [1.807, 2.05) is 24.3 Å². The number of hydrogen-bond acceptors (Lipinski definition) is 6. The van der Waals surface area contributed by atoms with Gasteiger partial charge in [0.25, 0.3) is 5.88 Å². The number of nitrogens with one attached hydrogen (secondary N) is 1. The number of ether oxygens (including phenoxy) is 2. The standard InChI is InChI=1S/C21H26F2N4O2/c22-16-3-1-2-15(12-16)14-29-20-19(23)13-24-21(26-20)25-17-4-6-18(7-5-17)27-8-10-28-11-9-27/h4-7,13,15-16H,1-3,8-12,14H2,(H,24,25,26)/t15-,16+/m0/s1. The molecule has 0 radical (unpaired) electrons. The number of halogens is 2. The van der Waals surface area contributed by atoms with E-state index in [1.54, 1.807) is 0 Å². The zero-order valence-corrected chi connectivity index (χ0v) is 16.3. The van der Waals surface area contributed by atoms with E-state index in [9.17, 15) is 8.78 Å². The summed E-state index contributed by atoms with van der Waals surface area (Å²) >= 11 is 0. The van der Waals surface area contributed by atoms with E-state index < -0.39 is 12.0 Å². The van der Waals surface area contributed by atoms with Crippen LogP contribution in [0.25, 0.3) is 0 Å². The summed E-state index contributed by atoms with van der Waals surface area (Å²) < 4.78 is 38.5. The van der Waals surface area contributed by atoms with Crippen LogP contribution in [-0.2, 0) is 4.74 Å². The maximum Gasteiger partial charge on any atom is 0.255 e. The summed E-state index contributed by atoms with van der Waals surface area (Å²) in [6.07, 6.45) is 3.11. The van der Waals surface area contributed by atoms with Gasteiger partial charge >= 0.3 is 0 Å². The lowest BCUT2D eigenvalue weighted by Crippen LogP contribution is -2.36. The first-order chi connectivity index (χ1) is 14.2. The number of nitrogens with zero attached hydrogens (tertiary/aromatic N) is 3. The van der Waals surface area contributed by atoms with Crippen molar-refractivity contribution in [2.75, 3.05) is 43.1 Å². The van der Waals surface area contributed by atoms with Crippen molar-refractivity contribution >= 4 is 17.3 Å².